The zero-order chi connectivity index (χ0) is 14.3. The van der Waals surface area contributed by atoms with Crippen LogP contribution in [0.25, 0.3) is 0 Å². The van der Waals surface area contributed by atoms with Gasteiger partial charge in [-0.05, 0) is 37.8 Å². The van der Waals surface area contributed by atoms with Crippen LogP contribution in [-0.4, -0.2) is 30.6 Å². The molecular formula is C14H22N2O2S. The standard InChI is InChI=1S/C14H22N2O2S/c1-4-11(9-19-3)16-13-8-10(6-7-12(13)15)14(17)18-5-2/h6-8,11,16H,4-5,9,15H2,1-3H3. The topological polar surface area (TPSA) is 64.3 Å². The van der Waals surface area contributed by atoms with E-state index in [-0.39, 0.29) is 5.97 Å². The van der Waals surface area contributed by atoms with Crippen molar-refractivity contribution in [2.24, 2.45) is 0 Å². The van der Waals surface area contributed by atoms with Crippen molar-refractivity contribution in [1.29, 1.82) is 0 Å². The molecule has 0 radical (unpaired) electrons. The van der Waals surface area contributed by atoms with Gasteiger partial charge in [-0.1, -0.05) is 6.92 Å². The number of carbonyl (C=O) groups is 1. The van der Waals surface area contributed by atoms with Crippen molar-refractivity contribution in [1.82, 2.24) is 0 Å². The van der Waals surface area contributed by atoms with Gasteiger partial charge in [0.2, 0.25) is 0 Å². The average Bonchev–Trinajstić information content (AvgIpc) is 2.40. The molecule has 0 aromatic heterocycles. The third-order valence-electron chi connectivity index (χ3n) is 2.78. The van der Waals surface area contributed by atoms with Gasteiger partial charge in [0.05, 0.1) is 23.5 Å². The number of nitrogen functional groups attached to an aromatic ring is 1. The molecule has 0 bridgehead atoms. The lowest BCUT2D eigenvalue weighted by atomic mass is 10.1. The van der Waals surface area contributed by atoms with Gasteiger partial charge in [-0.3, -0.25) is 0 Å². The van der Waals surface area contributed by atoms with Crippen LogP contribution >= 0.6 is 11.8 Å². The first-order valence-electron chi connectivity index (χ1n) is 6.44. The van der Waals surface area contributed by atoms with Crippen LogP contribution in [-0.2, 0) is 4.74 Å². The molecule has 1 aromatic carbocycles. The molecule has 0 fully saturated rings. The number of esters is 1. The fraction of sp³-hybridized carbons (Fsp3) is 0.500. The SMILES string of the molecule is CCOC(=O)c1ccc(N)c(NC(CC)CSC)c1. The summed E-state index contributed by atoms with van der Waals surface area (Å²) in [6.07, 6.45) is 3.08. The van der Waals surface area contributed by atoms with Crippen molar-refractivity contribution in [3.8, 4) is 0 Å². The first kappa shape index (κ1) is 15.7. The lowest BCUT2D eigenvalue weighted by molar-refractivity contribution is 0.0526. The summed E-state index contributed by atoms with van der Waals surface area (Å²) < 4.78 is 4.99. The molecule has 3 N–H and O–H groups in total. The van der Waals surface area contributed by atoms with E-state index in [2.05, 4.69) is 18.5 Å². The summed E-state index contributed by atoms with van der Waals surface area (Å²) in [6, 6.07) is 5.53. The van der Waals surface area contributed by atoms with Crippen molar-refractivity contribution >= 4 is 29.1 Å². The molecule has 1 aromatic rings. The van der Waals surface area contributed by atoms with Crippen molar-refractivity contribution < 1.29 is 9.53 Å². The Morgan fingerprint density at radius 2 is 2.21 bits per heavy atom. The van der Waals surface area contributed by atoms with Gasteiger partial charge in [-0.25, -0.2) is 4.79 Å². The molecule has 0 aliphatic carbocycles. The predicted molar refractivity (Wildman–Crippen MR) is 82.9 cm³/mol. The van der Waals surface area contributed by atoms with Gasteiger partial charge in [0, 0.05) is 11.8 Å². The minimum Gasteiger partial charge on any atom is -0.462 e. The van der Waals surface area contributed by atoms with Crippen LogP contribution in [0.3, 0.4) is 0 Å². The van der Waals surface area contributed by atoms with E-state index >= 15 is 0 Å². The Kier molecular flexibility index (Phi) is 6.56. The number of nitrogens with two attached hydrogens (primary N) is 1. The normalized spacial score (nSPS) is 11.9. The van der Waals surface area contributed by atoms with Crippen molar-refractivity contribution in [3.63, 3.8) is 0 Å². The first-order valence-corrected chi connectivity index (χ1v) is 7.83. The van der Waals surface area contributed by atoms with Gasteiger partial charge in [0.15, 0.2) is 0 Å². The lowest BCUT2D eigenvalue weighted by Crippen LogP contribution is -2.22. The number of hydrogen-bond acceptors (Lipinski definition) is 5. The molecule has 1 rings (SSSR count). The molecule has 106 valence electrons. The fourth-order valence-corrected chi connectivity index (χ4v) is 2.43. The number of ether oxygens (including phenoxy) is 1. The maximum absolute atomic E-state index is 11.7. The summed E-state index contributed by atoms with van der Waals surface area (Å²) >= 11 is 1.78. The third kappa shape index (κ3) is 4.67. The van der Waals surface area contributed by atoms with Crippen LogP contribution in [0, 0.1) is 0 Å². The second kappa shape index (κ2) is 7.94. The number of nitrogens with one attached hydrogen (secondary N) is 1. The van der Waals surface area contributed by atoms with Crippen LogP contribution in [0.15, 0.2) is 18.2 Å². The second-order valence-electron chi connectivity index (χ2n) is 4.23. The molecule has 0 aliphatic heterocycles. The lowest BCUT2D eigenvalue weighted by Gasteiger charge is -2.19. The van der Waals surface area contributed by atoms with Gasteiger partial charge in [0.25, 0.3) is 0 Å². The maximum Gasteiger partial charge on any atom is 0.338 e. The zero-order valence-electron chi connectivity index (χ0n) is 11.7. The number of anilines is 2. The molecule has 0 aliphatic rings. The van der Waals surface area contributed by atoms with Gasteiger partial charge < -0.3 is 15.8 Å². The van der Waals surface area contributed by atoms with Crippen LogP contribution in [0.4, 0.5) is 11.4 Å². The molecule has 4 nitrogen and oxygen atoms in total. The highest BCUT2D eigenvalue weighted by atomic mass is 32.2. The van der Waals surface area contributed by atoms with Crippen molar-refractivity contribution in [2.75, 3.05) is 29.7 Å². The quantitative estimate of drug-likeness (QED) is 0.594. The van der Waals surface area contributed by atoms with E-state index in [9.17, 15) is 4.79 Å². The highest BCUT2D eigenvalue weighted by Crippen LogP contribution is 2.22. The van der Waals surface area contributed by atoms with E-state index in [1.54, 1.807) is 36.9 Å². The van der Waals surface area contributed by atoms with Gasteiger partial charge >= 0.3 is 5.97 Å². The maximum atomic E-state index is 11.7. The number of benzene rings is 1. The molecule has 0 heterocycles. The fourth-order valence-electron chi connectivity index (χ4n) is 1.71. The largest absolute Gasteiger partial charge is 0.462 e. The molecule has 0 amide bonds. The van der Waals surface area contributed by atoms with Crippen molar-refractivity contribution in [2.45, 2.75) is 26.3 Å². The Morgan fingerprint density at radius 1 is 1.47 bits per heavy atom. The van der Waals surface area contributed by atoms with Crippen LogP contribution in [0.1, 0.15) is 30.6 Å². The average molecular weight is 282 g/mol. The molecule has 0 spiro atoms. The van der Waals surface area contributed by atoms with Gasteiger partial charge in [-0.15, -0.1) is 0 Å². The third-order valence-corrected chi connectivity index (χ3v) is 3.52. The molecule has 0 saturated heterocycles. The summed E-state index contributed by atoms with van der Waals surface area (Å²) in [7, 11) is 0. The van der Waals surface area contributed by atoms with Gasteiger partial charge in [-0.2, -0.15) is 11.8 Å². The first-order chi connectivity index (χ1) is 9.12. The second-order valence-corrected chi connectivity index (χ2v) is 5.14. The highest BCUT2D eigenvalue weighted by Gasteiger charge is 2.12. The molecule has 19 heavy (non-hydrogen) atoms. The van der Waals surface area contributed by atoms with E-state index in [4.69, 9.17) is 10.5 Å². The summed E-state index contributed by atoms with van der Waals surface area (Å²) in [5.41, 5.74) is 7.91. The number of thioether (sulfide) groups is 1. The molecular weight excluding hydrogens is 260 g/mol. The smallest absolute Gasteiger partial charge is 0.338 e. The molecule has 1 unspecified atom stereocenters. The van der Waals surface area contributed by atoms with E-state index in [1.807, 2.05) is 0 Å². The minimum absolute atomic E-state index is 0.316. The monoisotopic (exact) mass is 282 g/mol. The van der Waals surface area contributed by atoms with Crippen molar-refractivity contribution in [3.05, 3.63) is 23.8 Å². The van der Waals surface area contributed by atoms with Crippen LogP contribution in [0.5, 0.6) is 0 Å². The van der Waals surface area contributed by atoms with E-state index < -0.39 is 0 Å². The Labute approximate surface area is 119 Å². The number of carbonyl (C=O) groups excluding carboxylic acids is 1. The predicted octanol–water partition coefficient (Wildman–Crippen LogP) is 3.00. The number of rotatable bonds is 7. The Balaban J connectivity index is 2.87. The highest BCUT2D eigenvalue weighted by molar-refractivity contribution is 7.98. The Hall–Kier alpha value is -1.36. The number of hydrogen-bond donors (Lipinski definition) is 2. The summed E-state index contributed by atoms with van der Waals surface area (Å²) in [5, 5.41) is 3.38. The molecule has 1 atom stereocenters. The van der Waals surface area contributed by atoms with Crippen LogP contribution < -0.4 is 11.1 Å². The van der Waals surface area contributed by atoms with E-state index in [0.29, 0.717) is 23.9 Å². The van der Waals surface area contributed by atoms with Crippen LogP contribution in [0.2, 0.25) is 0 Å². The molecule has 5 heteroatoms. The summed E-state index contributed by atoms with van der Waals surface area (Å²) in [6.45, 7) is 4.29. The summed E-state index contributed by atoms with van der Waals surface area (Å²) in [4.78, 5) is 11.7. The Bertz CT molecular complexity index is 424. The molecule has 0 saturated carbocycles. The van der Waals surface area contributed by atoms with Gasteiger partial charge in [0.1, 0.15) is 0 Å². The summed E-state index contributed by atoms with van der Waals surface area (Å²) in [5.74, 6) is 0.683. The minimum atomic E-state index is -0.316. The zero-order valence-corrected chi connectivity index (χ0v) is 12.5. The Morgan fingerprint density at radius 3 is 2.79 bits per heavy atom. The van der Waals surface area contributed by atoms with E-state index in [1.165, 1.54) is 0 Å². The van der Waals surface area contributed by atoms with E-state index in [0.717, 1.165) is 17.9 Å².